The van der Waals surface area contributed by atoms with Crippen LogP contribution in [0.4, 0.5) is 5.00 Å². The number of fused-ring (bicyclic) bond motifs is 1. The van der Waals surface area contributed by atoms with Gasteiger partial charge in [0.05, 0.1) is 12.2 Å². The van der Waals surface area contributed by atoms with E-state index in [1.807, 2.05) is 7.05 Å². The predicted molar refractivity (Wildman–Crippen MR) is 125 cm³/mol. The summed E-state index contributed by atoms with van der Waals surface area (Å²) >= 11 is 2.52. The van der Waals surface area contributed by atoms with Crippen LogP contribution in [0.1, 0.15) is 47.0 Å². The number of sulfonamides is 1. The number of carbonyl (C=O) groups excluding carboxylic acids is 2. The van der Waals surface area contributed by atoms with Gasteiger partial charge < -0.3 is 15.0 Å². The summed E-state index contributed by atoms with van der Waals surface area (Å²) in [5.74, 6) is -0.848. The number of ether oxygens (including phenoxy) is 1. The lowest BCUT2D eigenvalue weighted by molar-refractivity contribution is -0.120. The minimum atomic E-state index is -3.75. The molecule has 1 fully saturated rings. The van der Waals surface area contributed by atoms with E-state index in [0.717, 1.165) is 34.7 Å². The molecular weight excluding hydrogens is 470 g/mol. The lowest BCUT2D eigenvalue weighted by Gasteiger charge is -2.33. The van der Waals surface area contributed by atoms with Crippen molar-refractivity contribution < 1.29 is 22.7 Å². The van der Waals surface area contributed by atoms with E-state index < -0.39 is 27.9 Å². The molecule has 32 heavy (non-hydrogen) atoms. The number of nitrogens with one attached hydrogen (secondary N) is 1. The molecule has 4 heterocycles. The normalized spacial score (nSPS) is 20.0. The Hall–Kier alpha value is -1.79. The van der Waals surface area contributed by atoms with Gasteiger partial charge in [-0.15, -0.1) is 22.7 Å². The van der Waals surface area contributed by atoms with Crippen molar-refractivity contribution in [2.75, 3.05) is 32.1 Å². The second-order valence-corrected chi connectivity index (χ2v) is 12.1. The van der Waals surface area contributed by atoms with Gasteiger partial charge in [0.1, 0.15) is 15.3 Å². The number of anilines is 1. The summed E-state index contributed by atoms with van der Waals surface area (Å²) in [6.45, 7) is 3.81. The molecule has 4 rings (SSSR count). The highest BCUT2D eigenvalue weighted by Crippen LogP contribution is 2.38. The largest absolute Gasteiger partial charge is 0.462 e. The van der Waals surface area contributed by atoms with Crippen LogP contribution in [0.5, 0.6) is 0 Å². The standard InChI is InChI=1S/C21H27N3O5S3/c1-3-29-21(26)18-14-9-11-23(2)13-16(14)31-20(18)22-19(25)15-7-4-5-10-24(15)32(27,28)17-8-6-12-30-17/h6,8,12,15H,3-5,7,9-11,13H2,1-2H3,(H,22,25). The number of hydrogen-bond donors (Lipinski definition) is 1. The number of hydrogen-bond acceptors (Lipinski definition) is 8. The fraction of sp³-hybridized carbons (Fsp3) is 0.524. The molecule has 8 nitrogen and oxygen atoms in total. The van der Waals surface area contributed by atoms with Crippen molar-refractivity contribution >= 4 is 49.6 Å². The smallest absolute Gasteiger partial charge is 0.341 e. The molecule has 2 aliphatic rings. The van der Waals surface area contributed by atoms with Crippen molar-refractivity contribution in [2.45, 2.75) is 49.4 Å². The zero-order valence-corrected chi connectivity index (χ0v) is 20.6. The Bertz CT molecular complexity index is 1090. The number of likely N-dealkylation sites (N-methyl/N-ethyl adjacent to an activating group) is 1. The van der Waals surface area contributed by atoms with Gasteiger partial charge in [-0.25, -0.2) is 13.2 Å². The fourth-order valence-corrected chi connectivity index (χ4v) is 8.31. The number of carbonyl (C=O) groups is 2. The first kappa shape index (κ1) is 23.4. The second-order valence-electron chi connectivity index (χ2n) is 7.96. The molecule has 1 amide bonds. The van der Waals surface area contributed by atoms with Crippen molar-refractivity contribution in [3.8, 4) is 0 Å². The van der Waals surface area contributed by atoms with Crippen molar-refractivity contribution in [1.29, 1.82) is 0 Å². The maximum Gasteiger partial charge on any atom is 0.341 e. The molecule has 0 radical (unpaired) electrons. The SMILES string of the molecule is CCOC(=O)c1c(NC(=O)C2CCCCN2S(=O)(=O)c2cccs2)sc2c1CCN(C)C2. The average molecular weight is 498 g/mol. The topological polar surface area (TPSA) is 96.0 Å². The van der Waals surface area contributed by atoms with Crippen LogP contribution in [0.2, 0.25) is 0 Å². The third kappa shape index (κ3) is 4.49. The monoisotopic (exact) mass is 497 g/mol. The Morgan fingerprint density at radius 3 is 2.81 bits per heavy atom. The highest BCUT2D eigenvalue weighted by atomic mass is 32.2. The summed E-state index contributed by atoms with van der Waals surface area (Å²) in [7, 11) is -1.74. The van der Waals surface area contributed by atoms with E-state index >= 15 is 0 Å². The van der Waals surface area contributed by atoms with Crippen LogP contribution in [0.3, 0.4) is 0 Å². The second kappa shape index (κ2) is 9.60. The van der Waals surface area contributed by atoms with Gasteiger partial charge in [-0.3, -0.25) is 4.79 Å². The minimum absolute atomic E-state index is 0.235. The van der Waals surface area contributed by atoms with E-state index in [4.69, 9.17) is 4.74 Å². The van der Waals surface area contributed by atoms with Gasteiger partial charge in [0.15, 0.2) is 0 Å². The van der Waals surface area contributed by atoms with Gasteiger partial charge in [-0.2, -0.15) is 4.31 Å². The van der Waals surface area contributed by atoms with Crippen molar-refractivity contribution in [2.24, 2.45) is 0 Å². The highest BCUT2D eigenvalue weighted by Gasteiger charge is 2.39. The van der Waals surface area contributed by atoms with Gasteiger partial charge >= 0.3 is 5.97 Å². The molecular formula is C21H27N3O5S3. The first-order chi connectivity index (χ1) is 15.3. The lowest BCUT2D eigenvalue weighted by atomic mass is 10.0. The Balaban J connectivity index is 1.63. The maximum atomic E-state index is 13.3. The molecule has 1 unspecified atom stereocenters. The first-order valence-electron chi connectivity index (χ1n) is 10.7. The molecule has 11 heteroatoms. The van der Waals surface area contributed by atoms with Crippen LogP contribution in [-0.2, 0) is 32.5 Å². The quantitative estimate of drug-likeness (QED) is 0.616. The summed E-state index contributed by atoms with van der Waals surface area (Å²) in [5.41, 5.74) is 1.34. The van der Waals surface area contributed by atoms with Crippen molar-refractivity contribution in [3.05, 3.63) is 33.5 Å². The third-order valence-electron chi connectivity index (χ3n) is 5.78. The number of piperidine rings is 1. The van der Waals surface area contributed by atoms with Crippen LogP contribution in [-0.4, -0.2) is 62.3 Å². The van der Waals surface area contributed by atoms with Crippen LogP contribution < -0.4 is 5.32 Å². The summed E-state index contributed by atoms with van der Waals surface area (Å²) in [6.07, 6.45) is 2.63. The van der Waals surface area contributed by atoms with Crippen LogP contribution in [0, 0.1) is 0 Å². The molecule has 1 saturated heterocycles. The van der Waals surface area contributed by atoms with E-state index in [1.54, 1.807) is 24.4 Å². The van der Waals surface area contributed by atoms with E-state index in [1.165, 1.54) is 15.6 Å². The summed E-state index contributed by atoms with van der Waals surface area (Å²) in [5, 5.41) is 5.06. The summed E-state index contributed by atoms with van der Waals surface area (Å²) in [4.78, 5) is 29.3. The third-order valence-corrected chi connectivity index (χ3v) is 10.2. The van der Waals surface area contributed by atoms with Crippen molar-refractivity contribution in [3.63, 3.8) is 0 Å². The van der Waals surface area contributed by atoms with Crippen LogP contribution >= 0.6 is 22.7 Å². The molecule has 1 atom stereocenters. The summed E-state index contributed by atoms with van der Waals surface area (Å²) < 4.78 is 33.1. The molecule has 2 aromatic rings. The Morgan fingerprint density at radius 1 is 1.28 bits per heavy atom. The fourth-order valence-electron chi connectivity index (χ4n) is 4.21. The molecule has 1 N–H and O–H groups in total. The van der Waals surface area contributed by atoms with Crippen molar-refractivity contribution in [1.82, 2.24) is 9.21 Å². The molecule has 0 saturated carbocycles. The molecule has 0 bridgehead atoms. The Labute approximate surface area is 196 Å². The molecule has 2 aromatic heterocycles. The van der Waals surface area contributed by atoms with Crippen LogP contribution in [0.25, 0.3) is 0 Å². The number of amides is 1. The highest BCUT2D eigenvalue weighted by molar-refractivity contribution is 7.91. The minimum Gasteiger partial charge on any atom is -0.462 e. The van der Waals surface area contributed by atoms with Gasteiger partial charge in [0, 0.05) is 24.5 Å². The van der Waals surface area contributed by atoms with Gasteiger partial charge in [0.25, 0.3) is 10.0 Å². The zero-order chi connectivity index (χ0) is 22.9. The van der Waals surface area contributed by atoms with E-state index in [2.05, 4.69) is 10.2 Å². The number of esters is 1. The van der Waals surface area contributed by atoms with E-state index in [0.29, 0.717) is 42.9 Å². The first-order valence-corrected chi connectivity index (χ1v) is 13.8. The predicted octanol–water partition coefficient (Wildman–Crippen LogP) is 3.16. The number of nitrogens with zero attached hydrogens (tertiary/aromatic N) is 2. The average Bonchev–Trinajstić information content (AvgIpc) is 3.42. The summed E-state index contributed by atoms with van der Waals surface area (Å²) in [6, 6.07) is 2.44. The molecule has 174 valence electrons. The van der Waals surface area contributed by atoms with E-state index in [-0.39, 0.29) is 10.8 Å². The zero-order valence-electron chi connectivity index (χ0n) is 18.1. The molecule has 0 aromatic carbocycles. The Morgan fingerprint density at radius 2 is 2.09 bits per heavy atom. The van der Waals surface area contributed by atoms with Crippen LogP contribution in [0.15, 0.2) is 21.7 Å². The van der Waals surface area contributed by atoms with Gasteiger partial charge in [-0.05, 0) is 50.2 Å². The molecule has 2 aliphatic heterocycles. The van der Waals surface area contributed by atoms with E-state index in [9.17, 15) is 18.0 Å². The lowest BCUT2D eigenvalue weighted by Crippen LogP contribution is -2.49. The van der Waals surface area contributed by atoms with Gasteiger partial charge in [-0.1, -0.05) is 12.5 Å². The van der Waals surface area contributed by atoms with Gasteiger partial charge in [0.2, 0.25) is 5.91 Å². The maximum absolute atomic E-state index is 13.3. The molecule has 0 spiro atoms. The number of thiophene rings is 2. The number of rotatable bonds is 6. The Kier molecular flexibility index (Phi) is 7.01. The molecule has 0 aliphatic carbocycles.